The fourth-order valence-corrected chi connectivity index (χ4v) is 4.15. The quantitative estimate of drug-likeness (QED) is 0.402. The van der Waals surface area contributed by atoms with E-state index in [4.69, 9.17) is 18.6 Å². The van der Waals surface area contributed by atoms with Crippen LogP contribution in [-0.2, 0) is 25.2 Å². The van der Waals surface area contributed by atoms with E-state index >= 15 is 0 Å². The summed E-state index contributed by atoms with van der Waals surface area (Å²) in [5, 5.41) is 9.23. The Morgan fingerprint density at radius 3 is 2.03 bits per heavy atom. The van der Waals surface area contributed by atoms with Gasteiger partial charge in [0.25, 0.3) is 0 Å². The van der Waals surface area contributed by atoms with Crippen LogP contribution >= 0.6 is 0 Å². The third kappa shape index (κ3) is 8.35. The van der Waals surface area contributed by atoms with E-state index in [1.54, 1.807) is 39.3 Å². The van der Waals surface area contributed by atoms with E-state index in [2.05, 4.69) is 33.9 Å². The van der Waals surface area contributed by atoms with Crippen LogP contribution in [0.1, 0.15) is 46.1 Å². The lowest BCUT2D eigenvalue weighted by molar-refractivity contribution is -0.148. The molecule has 0 radical (unpaired) electrons. The van der Waals surface area contributed by atoms with Crippen molar-refractivity contribution in [3.63, 3.8) is 0 Å². The number of esters is 1. The van der Waals surface area contributed by atoms with Crippen LogP contribution in [0.15, 0.2) is 18.2 Å². The van der Waals surface area contributed by atoms with Gasteiger partial charge >= 0.3 is 11.9 Å². The Morgan fingerprint density at radius 1 is 1.07 bits per heavy atom. The van der Waals surface area contributed by atoms with Crippen LogP contribution in [0, 0.1) is 0 Å². The molecule has 1 N–H and O–H groups in total. The second-order valence-electron chi connectivity index (χ2n) is 9.03. The van der Waals surface area contributed by atoms with Crippen molar-refractivity contribution in [2.24, 2.45) is 0 Å². The molecule has 1 rings (SSSR count). The number of carboxylic acid groups (broad SMARTS) is 1. The first-order chi connectivity index (χ1) is 13.8. The predicted octanol–water partition coefficient (Wildman–Crippen LogP) is 4.43. The molecule has 8 heteroatoms. The summed E-state index contributed by atoms with van der Waals surface area (Å²) >= 11 is 0. The second-order valence-corrected chi connectivity index (χ2v) is 13.8. The Morgan fingerprint density at radius 2 is 1.60 bits per heavy atom. The summed E-state index contributed by atoms with van der Waals surface area (Å²) in [6.45, 7) is 12.2. The van der Waals surface area contributed by atoms with Crippen molar-refractivity contribution in [1.29, 1.82) is 0 Å². The maximum absolute atomic E-state index is 12.4. The monoisotopic (exact) mass is 440 g/mol. The predicted molar refractivity (Wildman–Crippen MR) is 118 cm³/mol. The summed E-state index contributed by atoms with van der Waals surface area (Å²) in [6.07, 6.45) is -0.722. The SMILES string of the molecule is COc1cc(CC(=O)O[C@H](C)C[C@H](CC(=O)O)O[Si](C)(C)C(C)(C)C)cc(OC)c1. The number of carbonyl (C=O) groups excluding carboxylic acids is 1. The number of rotatable bonds is 11. The first-order valence-corrected chi connectivity index (χ1v) is 13.0. The van der Waals surface area contributed by atoms with Gasteiger partial charge in [0.05, 0.1) is 33.2 Å². The molecule has 0 aliphatic rings. The molecule has 1 aromatic rings. The molecular weight excluding hydrogens is 404 g/mol. The Bertz CT molecular complexity index is 702. The molecule has 0 aliphatic carbocycles. The van der Waals surface area contributed by atoms with Gasteiger partial charge in [-0.2, -0.15) is 0 Å². The lowest BCUT2D eigenvalue weighted by atomic mass is 10.1. The topological polar surface area (TPSA) is 91.3 Å². The van der Waals surface area contributed by atoms with Gasteiger partial charge in [0.2, 0.25) is 0 Å². The van der Waals surface area contributed by atoms with Crippen molar-refractivity contribution in [1.82, 2.24) is 0 Å². The number of carboxylic acids is 1. The zero-order chi connectivity index (χ0) is 23.1. The van der Waals surface area contributed by atoms with Crippen molar-refractivity contribution in [2.45, 2.75) is 77.3 Å². The molecule has 0 amide bonds. The third-order valence-corrected chi connectivity index (χ3v) is 9.89. The summed E-state index contributed by atoms with van der Waals surface area (Å²) in [5.74, 6) is -0.149. The van der Waals surface area contributed by atoms with Gasteiger partial charge in [-0.05, 0) is 42.8 Å². The van der Waals surface area contributed by atoms with Gasteiger partial charge in [0, 0.05) is 12.5 Å². The summed E-state index contributed by atoms with van der Waals surface area (Å²) in [5.41, 5.74) is 0.711. The van der Waals surface area contributed by atoms with Crippen LogP contribution < -0.4 is 9.47 Å². The number of ether oxygens (including phenoxy) is 3. The van der Waals surface area contributed by atoms with E-state index in [1.165, 1.54) is 0 Å². The van der Waals surface area contributed by atoms with Gasteiger partial charge in [0.15, 0.2) is 8.32 Å². The van der Waals surface area contributed by atoms with E-state index in [1.807, 2.05) is 0 Å². The molecule has 0 saturated heterocycles. The number of carbonyl (C=O) groups is 2. The highest BCUT2D eigenvalue weighted by Crippen LogP contribution is 2.38. The number of hydrogen-bond donors (Lipinski definition) is 1. The fourth-order valence-electron chi connectivity index (χ4n) is 2.78. The molecule has 0 unspecified atom stereocenters. The van der Waals surface area contributed by atoms with E-state index in [9.17, 15) is 14.7 Å². The van der Waals surface area contributed by atoms with E-state index < -0.39 is 32.5 Å². The maximum Gasteiger partial charge on any atom is 0.310 e. The van der Waals surface area contributed by atoms with Gasteiger partial charge in [-0.15, -0.1) is 0 Å². The number of benzene rings is 1. The molecular formula is C22H36O7Si. The minimum atomic E-state index is -2.16. The van der Waals surface area contributed by atoms with Crippen LogP contribution in [0.2, 0.25) is 18.1 Å². The van der Waals surface area contributed by atoms with Gasteiger partial charge < -0.3 is 23.7 Å². The lowest BCUT2D eigenvalue weighted by Gasteiger charge is -2.39. The lowest BCUT2D eigenvalue weighted by Crippen LogP contribution is -2.45. The Balaban J connectivity index is 2.77. The van der Waals surface area contributed by atoms with Gasteiger partial charge in [-0.1, -0.05) is 20.8 Å². The van der Waals surface area contributed by atoms with Gasteiger partial charge in [-0.25, -0.2) is 0 Å². The second kappa shape index (κ2) is 10.8. The highest BCUT2D eigenvalue weighted by molar-refractivity contribution is 6.74. The molecule has 0 spiro atoms. The highest BCUT2D eigenvalue weighted by Gasteiger charge is 2.40. The molecule has 0 fully saturated rings. The maximum atomic E-state index is 12.4. The molecule has 0 saturated carbocycles. The highest BCUT2D eigenvalue weighted by atomic mass is 28.4. The van der Waals surface area contributed by atoms with Crippen molar-refractivity contribution in [2.75, 3.05) is 14.2 Å². The molecule has 0 bridgehead atoms. The Labute approximate surface area is 180 Å². The summed E-state index contributed by atoms with van der Waals surface area (Å²) in [7, 11) is 0.936. The zero-order valence-electron chi connectivity index (χ0n) is 19.4. The van der Waals surface area contributed by atoms with E-state index in [-0.39, 0.29) is 17.9 Å². The summed E-state index contributed by atoms with van der Waals surface area (Å²) in [4.78, 5) is 23.7. The molecule has 7 nitrogen and oxygen atoms in total. The first kappa shape index (κ1) is 26.0. The van der Waals surface area contributed by atoms with Crippen LogP contribution in [0.5, 0.6) is 11.5 Å². The van der Waals surface area contributed by atoms with Gasteiger partial charge in [0.1, 0.15) is 17.6 Å². The molecule has 30 heavy (non-hydrogen) atoms. The third-order valence-electron chi connectivity index (χ3n) is 5.36. The largest absolute Gasteiger partial charge is 0.497 e. The van der Waals surface area contributed by atoms with Crippen molar-refractivity contribution in [3.05, 3.63) is 23.8 Å². The normalized spacial score (nSPS) is 14.0. The molecule has 2 atom stereocenters. The summed E-state index contributed by atoms with van der Waals surface area (Å²) < 4.78 is 22.3. The number of aliphatic carboxylic acids is 1. The minimum Gasteiger partial charge on any atom is -0.497 e. The van der Waals surface area contributed by atoms with Crippen LogP contribution in [0.4, 0.5) is 0 Å². The smallest absolute Gasteiger partial charge is 0.310 e. The van der Waals surface area contributed by atoms with E-state index in [0.717, 1.165) is 0 Å². The number of methoxy groups -OCH3 is 2. The standard InChI is InChI=1S/C22H36O7Si/c1-15(9-19(14-20(23)24)29-30(7,8)22(2,3)4)28-21(25)12-16-10-17(26-5)13-18(11-16)27-6/h10-11,13,15,19H,9,12,14H2,1-8H3,(H,23,24)/t15-,19-/m1/s1. The van der Waals surface area contributed by atoms with Crippen molar-refractivity contribution >= 4 is 20.3 Å². The van der Waals surface area contributed by atoms with Crippen LogP contribution in [0.25, 0.3) is 0 Å². The summed E-state index contributed by atoms with van der Waals surface area (Å²) in [6, 6.07) is 5.23. The van der Waals surface area contributed by atoms with Crippen LogP contribution in [-0.4, -0.2) is 51.8 Å². The fraction of sp³-hybridized carbons (Fsp3) is 0.636. The van der Waals surface area contributed by atoms with Crippen molar-refractivity contribution in [3.8, 4) is 11.5 Å². The Hall–Kier alpha value is -2.06. The van der Waals surface area contributed by atoms with Crippen molar-refractivity contribution < 1.29 is 33.3 Å². The minimum absolute atomic E-state index is 0.0465. The average molecular weight is 441 g/mol. The average Bonchev–Trinajstić information content (AvgIpc) is 2.58. The zero-order valence-corrected chi connectivity index (χ0v) is 20.4. The Kier molecular flexibility index (Phi) is 9.36. The van der Waals surface area contributed by atoms with Gasteiger partial charge in [-0.3, -0.25) is 9.59 Å². The first-order valence-electron chi connectivity index (χ1n) is 10.1. The molecule has 170 valence electrons. The molecule has 0 heterocycles. The number of hydrogen-bond acceptors (Lipinski definition) is 6. The van der Waals surface area contributed by atoms with Crippen LogP contribution in [0.3, 0.4) is 0 Å². The molecule has 0 aromatic heterocycles. The molecule has 1 aromatic carbocycles. The molecule has 0 aliphatic heterocycles. The van der Waals surface area contributed by atoms with E-state index in [0.29, 0.717) is 23.5 Å².